The van der Waals surface area contributed by atoms with Crippen molar-refractivity contribution in [2.75, 3.05) is 47.5 Å². The molecule has 0 spiro atoms. The maximum absolute atomic E-state index is 12.8. The fraction of sp³-hybridized carbons (Fsp3) is 0.935. The Morgan fingerprint density at radius 2 is 0.708 bits per heavy atom. The molecule has 0 saturated heterocycles. The zero-order valence-corrected chi connectivity index (χ0v) is 49.6. The number of rotatable bonds is 59. The van der Waals surface area contributed by atoms with Gasteiger partial charge < -0.3 is 27.9 Å². The fourth-order valence-electron chi connectivity index (χ4n) is 9.42. The van der Waals surface area contributed by atoms with E-state index in [0.717, 1.165) is 32.1 Å². The van der Waals surface area contributed by atoms with Crippen LogP contribution < -0.4 is 4.89 Å². The van der Waals surface area contributed by atoms with E-state index in [2.05, 4.69) is 26.0 Å². The standard InChI is InChI=1S/C62H122NO8P/c1-6-8-10-12-14-16-18-20-22-23-24-25-26-27-28-29-30-31-32-33-34-35-36-37-38-39-41-43-45-47-49-51-53-55-62(65)71-60(59-70-72(66,67)69-57-56-63(3,4)5)58-68-61(64)54-52-50-48-46-44-42-40-21-19-17-15-13-11-9-7-2/h23-24,60H,6-22,25-59H2,1-5H3/b24-23-. The topological polar surface area (TPSA) is 111 Å². The molecule has 0 aliphatic carbocycles. The summed E-state index contributed by atoms with van der Waals surface area (Å²) in [6.45, 7) is 4.30. The average molecular weight is 1040 g/mol. The van der Waals surface area contributed by atoms with Crippen LogP contribution in [0, 0.1) is 0 Å². The molecule has 0 fully saturated rings. The molecular formula is C62H122NO8P. The highest BCUT2D eigenvalue weighted by Gasteiger charge is 2.22. The van der Waals surface area contributed by atoms with E-state index >= 15 is 0 Å². The van der Waals surface area contributed by atoms with Crippen molar-refractivity contribution in [3.05, 3.63) is 12.2 Å². The van der Waals surface area contributed by atoms with Crippen molar-refractivity contribution in [1.82, 2.24) is 0 Å². The van der Waals surface area contributed by atoms with Crippen molar-refractivity contribution in [1.29, 1.82) is 0 Å². The molecule has 9 nitrogen and oxygen atoms in total. The van der Waals surface area contributed by atoms with Crippen molar-refractivity contribution in [2.45, 2.75) is 328 Å². The Morgan fingerprint density at radius 1 is 0.417 bits per heavy atom. The number of hydrogen-bond acceptors (Lipinski definition) is 8. The summed E-state index contributed by atoms with van der Waals surface area (Å²) >= 11 is 0. The van der Waals surface area contributed by atoms with Crippen LogP contribution in [0.2, 0.25) is 0 Å². The molecule has 0 heterocycles. The predicted octanol–water partition coefficient (Wildman–Crippen LogP) is 19.0. The molecule has 0 radical (unpaired) electrons. The third-order valence-corrected chi connectivity index (χ3v) is 15.2. The molecular weight excluding hydrogens is 918 g/mol. The molecule has 2 unspecified atom stereocenters. The Balaban J connectivity index is 3.96. The highest BCUT2D eigenvalue weighted by Crippen LogP contribution is 2.38. The first-order chi connectivity index (χ1) is 35.0. The summed E-state index contributed by atoms with van der Waals surface area (Å²) in [6, 6.07) is 0. The normalized spacial score (nSPS) is 13.2. The Labute approximate surface area is 447 Å². The van der Waals surface area contributed by atoms with Crippen LogP contribution >= 0.6 is 7.82 Å². The smallest absolute Gasteiger partial charge is 0.306 e. The van der Waals surface area contributed by atoms with Gasteiger partial charge in [0.15, 0.2) is 6.10 Å². The second-order valence-electron chi connectivity index (χ2n) is 22.8. The van der Waals surface area contributed by atoms with Crippen molar-refractivity contribution < 1.29 is 42.1 Å². The van der Waals surface area contributed by atoms with E-state index in [4.69, 9.17) is 18.5 Å². The molecule has 0 aromatic carbocycles. The van der Waals surface area contributed by atoms with Gasteiger partial charge in [-0.05, 0) is 38.5 Å². The van der Waals surface area contributed by atoms with Gasteiger partial charge in [-0.15, -0.1) is 0 Å². The summed E-state index contributed by atoms with van der Waals surface area (Å²) in [6.07, 6.45) is 64.3. The first-order valence-corrected chi connectivity index (χ1v) is 32.9. The maximum Gasteiger partial charge on any atom is 0.306 e. The van der Waals surface area contributed by atoms with Gasteiger partial charge in [-0.1, -0.05) is 283 Å². The van der Waals surface area contributed by atoms with Crippen molar-refractivity contribution >= 4 is 19.8 Å². The Bertz CT molecular complexity index is 1220. The summed E-state index contributed by atoms with van der Waals surface area (Å²) in [7, 11) is 1.19. The molecule has 0 rings (SSSR count). The Morgan fingerprint density at radius 3 is 1.03 bits per heavy atom. The molecule has 0 N–H and O–H groups in total. The first-order valence-electron chi connectivity index (χ1n) is 31.4. The van der Waals surface area contributed by atoms with Gasteiger partial charge in [0.1, 0.15) is 19.8 Å². The lowest BCUT2D eigenvalue weighted by molar-refractivity contribution is -0.870. The van der Waals surface area contributed by atoms with Crippen LogP contribution in [-0.2, 0) is 32.7 Å². The van der Waals surface area contributed by atoms with Gasteiger partial charge in [0.25, 0.3) is 7.82 Å². The number of quaternary nitrogens is 1. The number of esters is 2. The molecule has 10 heteroatoms. The molecule has 0 aromatic heterocycles. The number of ether oxygens (including phenoxy) is 2. The Hall–Kier alpha value is -1.25. The number of carbonyl (C=O) groups is 2. The molecule has 72 heavy (non-hydrogen) atoms. The van der Waals surface area contributed by atoms with Crippen LogP contribution in [0.25, 0.3) is 0 Å². The van der Waals surface area contributed by atoms with E-state index in [0.29, 0.717) is 17.4 Å². The largest absolute Gasteiger partial charge is 0.756 e. The van der Waals surface area contributed by atoms with Gasteiger partial charge in [0.2, 0.25) is 0 Å². The lowest BCUT2D eigenvalue weighted by atomic mass is 10.0. The van der Waals surface area contributed by atoms with Gasteiger partial charge >= 0.3 is 11.9 Å². The second kappa shape index (κ2) is 54.5. The van der Waals surface area contributed by atoms with Crippen LogP contribution in [-0.4, -0.2) is 70.0 Å². The summed E-state index contributed by atoms with van der Waals surface area (Å²) < 4.78 is 34.2. The summed E-state index contributed by atoms with van der Waals surface area (Å²) in [5, 5.41) is 0. The van der Waals surface area contributed by atoms with E-state index < -0.39 is 26.5 Å². The molecule has 0 aliphatic rings. The van der Waals surface area contributed by atoms with Gasteiger partial charge in [-0.3, -0.25) is 14.2 Å². The van der Waals surface area contributed by atoms with Gasteiger partial charge in [-0.2, -0.15) is 0 Å². The van der Waals surface area contributed by atoms with Gasteiger partial charge in [0, 0.05) is 12.8 Å². The molecule has 0 aliphatic heterocycles. The van der Waals surface area contributed by atoms with Crippen LogP contribution in [0.15, 0.2) is 12.2 Å². The monoisotopic (exact) mass is 1040 g/mol. The minimum absolute atomic E-state index is 0.0260. The summed E-state index contributed by atoms with van der Waals surface area (Å²) in [4.78, 5) is 37.8. The van der Waals surface area contributed by atoms with Crippen molar-refractivity contribution in [3.63, 3.8) is 0 Å². The number of carbonyl (C=O) groups excluding carboxylic acids is 2. The third-order valence-electron chi connectivity index (χ3n) is 14.3. The lowest BCUT2D eigenvalue weighted by Crippen LogP contribution is -2.37. The Kier molecular flexibility index (Phi) is 53.6. The molecule has 0 amide bonds. The average Bonchev–Trinajstić information content (AvgIpc) is 3.34. The first kappa shape index (κ1) is 70.8. The highest BCUT2D eigenvalue weighted by atomic mass is 31.2. The van der Waals surface area contributed by atoms with Crippen LogP contribution in [0.4, 0.5) is 0 Å². The third kappa shape index (κ3) is 58.0. The van der Waals surface area contributed by atoms with Crippen LogP contribution in [0.3, 0.4) is 0 Å². The minimum atomic E-state index is -4.63. The number of unbranched alkanes of at least 4 members (excludes halogenated alkanes) is 43. The number of hydrogen-bond donors (Lipinski definition) is 0. The zero-order valence-electron chi connectivity index (χ0n) is 48.7. The summed E-state index contributed by atoms with van der Waals surface area (Å²) in [5.41, 5.74) is 0. The predicted molar refractivity (Wildman–Crippen MR) is 305 cm³/mol. The maximum atomic E-state index is 12.8. The number of allylic oxidation sites excluding steroid dienone is 2. The van der Waals surface area contributed by atoms with Gasteiger partial charge in [-0.25, -0.2) is 0 Å². The minimum Gasteiger partial charge on any atom is -0.756 e. The van der Waals surface area contributed by atoms with Gasteiger partial charge in [0.05, 0.1) is 27.7 Å². The highest BCUT2D eigenvalue weighted by molar-refractivity contribution is 7.45. The summed E-state index contributed by atoms with van der Waals surface area (Å²) in [5.74, 6) is -0.812. The number of phosphoric ester groups is 1. The number of nitrogens with zero attached hydrogens (tertiary/aromatic N) is 1. The van der Waals surface area contributed by atoms with Crippen LogP contribution in [0.1, 0.15) is 322 Å². The molecule has 0 saturated carbocycles. The molecule has 0 bridgehead atoms. The molecule has 428 valence electrons. The van der Waals surface area contributed by atoms with E-state index in [1.54, 1.807) is 0 Å². The SMILES string of the molecule is CCCCCCCCCC/C=C\CCCCCCCCCCCCCCCCCCCCCCCC(=O)OC(COC(=O)CCCCCCCCCCCCCCCCC)COP(=O)([O-])OCC[N+](C)(C)C. The quantitative estimate of drug-likeness (QED) is 0.0195. The van der Waals surface area contributed by atoms with E-state index in [1.807, 2.05) is 21.1 Å². The second-order valence-corrected chi connectivity index (χ2v) is 24.2. The van der Waals surface area contributed by atoms with E-state index in [-0.39, 0.29) is 32.0 Å². The molecule has 2 atom stereocenters. The van der Waals surface area contributed by atoms with Crippen molar-refractivity contribution in [3.8, 4) is 0 Å². The zero-order chi connectivity index (χ0) is 52.7. The van der Waals surface area contributed by atoms with Crippen molar-refractivity contribution in [2.24, 2.45) is 0 Å². The van der Waals surface area contributed by atoms with Crippen LogP contribution in [0.5, 0.6) is 0 Å². The number of phosphoric acid groups is 1. The molecule has 0 aromatic rings. The van der Waals surface area contributed by atoms with E-state index in [1.165, 1.54) is 257 Å². The number of likely N-dealkylation sites (N-methyl/N-ethyl adjacent to an activating group) is 1. The lowest BCUT2D eigenvalue weighted by Gasteiger charge is -2.28. The fourth-order valence-corrected chi connectivity index (χ4v) is 10.1. The van der Waals surface area contributed by atoms with E-state index in [9.17, 15) is 19.0 Å².